The molecule has 6 heteroatoms. The van der Waals surface area contributed by atoms with Gasteiger partial charge < -0.3 is 15.4 Å². The highest BCUT2D eigenvalue weighted by Crippen LogP contribution is 2.12. The number of methoxy groups -OCH3 is 1. The van der Waals surface area contributed by atoms with Gasteiger partial charge in [-0.25, -0.2) is 0 Å². The zero-order valence-corrected chi connectivity index (χ0v) is 14.9. The lowest BCUT2D eigenvalue weighted by Gasteiger charge is -2.08. The van der Waals surface area contributed by atoms with Crippen LogP contribution in [0.4, 0.5) is 0 Å². The highest BCUT2D eigenvalue weighted by atomic mass is 79.9. The number of halogens is 1. The molecule has 0 bridgehead atoms. The molecule has 0 aliphatic carbocycles. The topological polar surface area (TPSA) is 67.4 Å². The molecule has 0 saturated heterocycles. The maximum absolute atomic E-state index is 11.9. The van der Waals surface area contributed by atoms with Crippen LogP contribution in [-0.2, 0) is 11.2 Å². The monoisotopic (exact) mass is 390 g/mol. The van der Waals surface area contributed by atoms with Gasteiger partial charge in [0.2, 0.25) is 5.91 Å². The maximum atomic E-state index is 11.9. The Kier molecular flexibility index (Phi) is 6.81. The quantitative estimate of drug-likeness (QED) is 0.763. The zero-order valence-electron chi connectivity index (χ0n) is 13.3. The summed E-state index contributed by atoms with van der Waals surface area (Å²) >= 11 is 3.31. The van der Waals surface area contributed by atoms with Crippen molar-refractivity contribution in [1.29, 1.82) is 0 Å². The minimum atomic E-state index is -0.273. The van der Waals surface area contributed by atoms with Crippen LogP contribution in [0.15, 0.2) is 53.0 Å². The van der Waals surface area contributed by atoms with Crippen LogP contribution in [0, 0.1) is 0 Å². The second-order valence-corrected chi connectivity index (χ2v) is 6.06. The van der Waals surface area contributed by atoms with Gasteiger partial charge in [-0.1, -0.05) is 28.1 Å². The number of ether oxygens (including phenoxy) is 1. The number of hydrogen-bond donors (Lipinski definition) is 2. The summed E-state index contributed by atoms with van der Waals surface area (Å²) < 4.78 is 6.06. The minimum Gasteiger partial charge on any atom is -0.497 e. The second kappa shape index (κ2) is 9.08. The van der Waals surface area contributed by atoms with Crippen LogP contribution in [0.25, 0.3) is 0 Å². The van der Waals surface area contributed by atoms with E-state index in [1.54, 1.807) is 31.4 Å². The number of carbonyl (C=O) groups excluding carboxylic acids is 2. The van der Waals surface area contributed by atoms with E-state index in [0.717, 1.165) is 15.8 Å². The summed E-state index contributed by atoms with van der Waals surface area (Å²) in [6.45, 7) is 0.452. The van der Waals surface area contributed by atoms with Crippen molar-refractivity contribution in [3.8, 4) is 5.75 Å². The van der Waals surface area contributed by atoms with Gasteiger partial charge in [0.15, 0.2) is 0 Å². The van der Waals surface area contributed by atoms with Crippen LogP contribution >= 0.6 is 15.9 Å². The summed E-state index contributed by atoms with van der Waals surface area (Å²) in [5, 5.41) is 5.38. The molecule has 0 unspecified atom stereocenters. The lowest BCUT2D eigenvalue weighted by atomic mass is 10.1. The standard InChI is InChI=1S/C18H19BrN2O3/c1-24-16-4-2-3-13(11-16)9-10-20-17(22)12-21-18(23)14-5-7-15(19)8-6-14/h2-8,11H,9-10,12H2,1H3,(H,20,22)(H,21,23). The molecule has 0 spiro atoms. The third kappa shape index (κ3) is 5.70. The number of amides is 2. The normalized spacial score (nSPS) is 10.1. The van der Waals surface area contributed by atoms with E-state index < -0.39 is 0 Å². The van der Waals surface area contributed by atoms with Gasteiger partial charge in [0.1, 0.15) is 5.75 Å². The summed E-state index contributed by atoms with van der Waals surface area (Å²) in [7, 11) is 1.62. The highest BCUT2D eigenvalue weighted by Gasteiger charge is 2.07. The molecular formula is C18H19BrN2O3. The van der Waals surface area contributed by atoms with Crippen LogP contribution in [0.5, 0.6) is 5.75 Å². The maximum Gasteiger partial charge on any atom is 0.251 e. The van der Waals surface area contributed by atoms with Crippen LogP contribution in [0.1, 0.15) is 15.9 Å². The Morgan fingerprint density at radius 1 is 1.08 bits per heavy atom. The summed E-state index contributed by atoms with van der Waals surface area (Å²) in [6.07, 6.45) is 0.698. The summed E-state index contributed by atoms with van der Waals surface area (Å²) in [4.78, 5) is 23.7. The lowest BCUT2D eigenvalue weighted by Crippen LogP contribution is -2.37. The molecule has 0 atom stereocenters. The van der Waals surface area contributed by atoms with Gasteiger partial charge in [0, 0.05) is 16.6 Å². The molecule has 0 saturated carbocycles. The van der Waals surface area contributed by atoms with Gasteiger partial charge in [-0.05, 0) is 48.4 Å². The molecule has 0 radical (unpaired) electrons. The molecule has 2 aromatic rings. The predicted octanol–water partition coefficient (Wildman–Crippen LogP) is 2.55. The van der Waals surface area contributed by atoms with Crippen molar-refractivity contribution in [2.45, 2.75) is 6.42 Å². The van der Waals surface area contributed by atoms with Crippen molar-refractivity contribution < 1.29 is 14.3 Å². The SMILES string of the molecule is COc1cccc(CCNC(=O)CNC(=O)c2ccc(Br)cc2)c1. The number of benzene rings is 2. The molecule has 0 aliphatic rings. The summed E-state index contributed by atoms with van der Waals surface area (Å²) in [5.41, 5.74) is 1.59. The van der Waals surface area contributed by atoms with E-state index in [-0.39, 0.29) is 18.4 Å². The fraction of sp³-hybridized carbons (Fsp3) is 0.222. The van der Waals surface area contributed by atoms with Gasteiger partial charge in [-0.15, -0.1) is 0 Å². The fourth-order valence-electron chi connectivity index (χ4n) is 2.10. The molecular weight excluding hydrogens is 372 g/mol. The molecule has 2 aromatic carbocycles. The Balaban J connectivity index is 1.71. The van der Waals surface area contributed by atoms with Crippen LogP contribution in [0.2, 0.25) is 0 Å². The van der Waals surface area contributed by atoms with Gasteiger partial charge in [-0.3, -0.25) is 9.59 Å². The molecule has 0 fully saturated rings. The average molecular weight is 391 g/mol. The van der Waals surface area contributed by atoms with E-state index in [2.05, 4.69) is 26.6 Å². The lowest BCUT2D eigenvalue weighted by molar-refractivity contribution is -0.120. The molecule has 2 rings (SSSR count). The van der Waals surface area contributed by atoms with Gasteiger partial charge in [0.25, 0.3) is 5.91 Å². The van der Waals surface area contributed by atoms with Crippen molar-refractivity contribution in [3.63, 3.8) is 0 Å². The minimum absolute atomic E-state index is 0.0486. The molecule has 5 nitrogen and oxygen atoms in total. The average Bonchev–Trinajstić information content (AvgIpc) is 2.60. The Labute approximate surface area is 149 Å². The first-order valence-corrected chi connectivity index (χ1v) is 8.31. The summed E-state index contributed by atoms with van der Waals surface area (Å²) in [5.74, 6) is 0.300. The third-order valence-corrected chi connectivity index (χ3v) is 3.91. The van der Waals surface area contributed by atoms with Gasteiger partial charge in [0.05, 0.1) is 13.7 Å². The number of carbonyl (C=O) groups is 2. The van der Waals surface area contributed by atoms with E-state index in [9.17, 15) is 9.59 Å². The van der Waals surface area contributed by atoms with Crippen molar-refractivity contribution in [1.82, 2.24) is 10.6 Å². The number of nitrogens with one attached hydrogen (secondary N) is 2. The first-order chi connectivity index (χ1) is 11.6. The van der Waals surface area contributed by atoms with E-state index in [1.807, 2.05) is 24.3 Å². The Bertz CT molecular complexity index is 702. The van der Waals surface area contributed by atoms with E-state index in [4.69, 9.17) is 4.74 Å². The van der Waals surface area contributed by atoms with Gasteiger partial charge in [-0.2, -0.15) is 0 Å². The van der Waals surface area contributed by atoms with Crippen LogP contribution in [0.3, 0.4) is 0 Å². The Hall–Kier alpha value is -2.34. The smallest absolute Gasteiger partial charge is 0.251 e. The van der Waals surface area contributed by atoms with E-state index in [1.165, 1.54) is 0 Å². The fourth-order valence-corrected chi connectivity index (χ4v) is 2.36. The van der Waals surface area contributed by atoms with Crippen molar-refractivity contribution >= 4 is 27.7 Å². The Morgan fingerprint density at radius 3 is 2.54 bits per heavy atom. The van der Waals surface area contributed by atoms with Gasteiger partial charge >= 0.3 is 0 Å². The molecule has 0 aliphatic heterocycles. The molecule has 2 N–H and O–H groups in total. The van der Waals surface area contributed by atoms with E-state index >= 15 is 0 Å². The third-order valence-electron chi connectivity index (χ3n) is 3.39. The van der Waals surface area contributed by atoms with Crippen molar-refractivity contribution in [3.05, 3.63) is 64.1 Å². The summed E-state index contributed by atoms with van der Waals surface area (Å²) in [6, 6.07) is 14.6. The molecule has 2 amide bonds. The predicted molar refractivity (Wildman–Crippen MR) is 96.2 cm³/mol. The Morgan fingerprint density at radius 2 is 1.83 bits per heavy atom. The van der Waals surface area contributed by atoms with Crippen LogP contribution in [-0.4, -0.2) is 32.0 Å². The second-order valence-electron chi connectivity index (χ2n) is 5.14. The number of hydrogen-bond acceptors (Lipinski definition) is 3. The number of rotatable bonds is 7. The first-order valence-electron chi connectivity index (χ1n) is 7.52. The largest absolute Gasteiger partial charge is 0.497 e. The molecule has 24 heavy (non-hydrogen) atoms. The highest BCUT2D eigenvalue weighted by molar-refractivity contribution is 9.10. The first kappa shape index (κ1) is 18.0. The molecule has 126 valence electrons. The zero-order chi connectivity index (χ0) is 17.4. The van der Waals surface area contributed by atoms with Crippen LogP contribution < -0.4 is 15.4 Å². The molecule has 0 heterocycles. The van der Waals surface area contributed by atoms with Crippen molar-refractivity contribution in [2.24, 2.45) is 0 Å². The molecule has 0 aromatic heterocycles. The van der Waals surface area contributed by atoms with Crippen molar-refractivity contribution in [2.75, 3.05) is 20.2 Å². The van der Waals surface area contributed by atoms with E-state index in [0.29, 0.717) is 18.5 Å².